The number of nitrogens with two attached hydrogens (primary N) is 1. The molecule has 0 atom stereocenters. The fourth-order valence-corrected chi connectivity index (χ4v) is 1.34. The fourth-order valence-electron chi connectivity index (χ4n) is 1.34. The Hall–Kier alpha value is -1.42. The molecule has 2 aromatic rings. The second-order valence-electron chi connectivity index (χ2n) is 2.94. The van der Waals surface area contributed by atoms with Gasteiger partial charge in [-0.3, -0.25) is 4.40 Å². The second kappa shape index (κ2) is 3.14. The van der Waals surface area contributed by atoms with Gasteiger partial charge in [0.05, 0.1) is 0 Å². The standard InChI is InChI=1S/C9H12N4/c1-2-8-11-12-9-4-3-7(5-10)6-13(8)9/h3-4,6H,2,5,10H2,1H3. The summed E-state index contributed by atoms with van der Waals surface area (Å²) in [7, 11) is 0. The Labute approximate surface area is 76.4 Å². The van der Waals surface area contributed by atoms with Gasteiger partial charge in [-0.25, -0.2) is 0 Å². The molecule has 2 N–H and O–H groups in total. The van der Waals surface area contributed by atoms with E-state index in [0.29, 0.717) is 6.54 Å². The number of hydrogen-bond acceptors (Lipinski definition) is 3. The quantitative estimate of drug-likeness (QED) is 0.734. The second-order valence-corrected chi connectivity index (χ2v) is 2.94. The van der Waals surface area contributed by atoms with Gasteiger partial charge < -0.3 is 5.73 Å². The van der Waals surface area contributed by atoms with Crippen molar-refractivity contribution in [3.05, 3.63) is 29.7 Å². The molecule has 0 aliphatic carbocycles. The lowest BCUT2D eigenvalue weighted by Crippen LogP contribution is -1.99. The van der Waals surface area contributed by atoms with Crippen molar-refractivity contribution in [3.8, 4) is 0 Å². The largest absolute Gasteiger partial charge is 0.326 e. The molecule has 4 heteroatoms. The molecule has 0 unspecified atom stereocenters. The molecule has 13 heavy (non-hydrogen) atoms. The van der Waals surface area contributed by atoms with Crippen molar-refractivity contribution in [3.63, 3.8) is 0 Å². The lowest BCUT2D eigenvalue weighted by atomic mass is 10.3. The maximum absolute atomic E-state index is 5.55. The summed E-state index contributed by atoms with van der Waals surface area (Å²) in [4.78, 5) is 0. The van der Waals surface area contributed by atoms with E-state index in [1.165, 1.54) is 0 Å². The Balaban J connectivity index is 2.64. The molecule has 0 spiro atoms. The van der Waals surface area contributed by atoms with Gasteiger partial charge in [-0.1, -0.05) is 13.0 Å². The van der Waals surface area contributed by atoms with Crippen LogP contribution in [0.15, 0.2) is 18.3 Å². The highest BCUT2D eigenvalue weighted by atomic mass is 15.2. The molecule has 0 fully saturated rings. The van der Waals surface area contributed by atoms with Gasteiger partial charge >= 0.3 is 0 Å². The van der Waals surface area contributed by atoms with Gasteiger partial charge in [-0.15, -0.1) is 10.2 Å². The van der Waals surface area contributed by atoms with E-state index in [4.69, 9.17) is 5.73 Å². The number of hydrogen-bond donors (Lipinski definition) is 1. The van der Waals surface area contributed by atoms with Crippen LogP contribution in [-0.4, -0.2) is 14.6 Å². The fraction of sp³-hybridized carbons (Fsp3) is 0.333. The Kier molecular flexibility index (Phi) is 1.98. The molecule has 68 valence electrons. The maximum atomic E-state index is 5.55. The summed E-state index contributed by atoms with van der Waals surface area (Å²) in [5.41, 5.74) is 7.53. The SMILES string of the molecule is CCc1nnc2ccc(CN)cn12. The van der Waals surface area contributed by atoms with Crippen molar-refractivity contribution in [2.24, 2.45) is 5.73 Å². The Morgan fingerprint density at radius 1 is 1.38 bits per heavy atom. The van der Waals surface area contributed by atoms with E-state index in [0.717, 1.165) is 23.5 Å². The topological polar surface area (TPSA) is 56.2 Å². The van der Waals surface area contributed by atoms with E-state index in [2.05, 4.69) is 17.1 Å². The number of nitrogens with zero attached hydrogens (tertiary/aromatic N) is 3. The predicted octanol–water partition coefficient (Wildman–Crippen LogP) is 0.750. The third-order valence-electron chi connectivity index (χ3n) is 2.09. The van der Waals surface area contributed by atoms with Crippen LogP contribution >= 0.6 is 0 Å². The number of pyridine rings is 1. The van der Waals surface area contributed by atoms with Crippen molar-refractivity contribution in [2.75, 3.05) is 0 Å². The van der Waals surface area contributed by atoms with Crippen molar-refractivity contribution >= 4 is 5.65 Å². The van der Waals surface area contributed by atoms with E-state index in [1.807, 2.05) is 22.7 Å². The van der Waals surface area contributed by atoms with Gasteiger partial charge in [0, 0.05) is 19.2 Å². The van der Waals surface area contributed by atoms with E-state index in [9.17, 15) is 0 Å². The van der Waals surface area contributed by atoms with Crippen molar-refractivity contribution < 1.29 is 0 Å². The zero-order valence-corrected chi connectivity index (χ0v) is 7.57. The summed E-state index contributed by atoms with van der Waals surface area (Å²) in [5, 5.41) is 8.10. The Morgan fingerprint density at radius 3 is 2.92 bits per heavy atom. The van der Waals surface area contributed by atoms with Gasteiger partial charge in [0.1, 0.15) is 5.82 Å². The van der Waals surface area contributed by atoms with Gasteiger partial charge in [-0.05, 0) is 11.6 Å². The highest BCUT2D eigenvalue weighted by molar-refractivity contribution is 5.39. The van der Waals surface area contributed by atoms with Crippen LogP contribution in [0.3, 0.4) is 0 Å². The summed E-state index contributed by atoms with van der Waals surface area (Å²) in [6.07, 6.45) is 2.88. The summed E-state index contributed by atoms with van der Waals surface area (Å²) in [6.45, 7) is 2.61. The van der Waals surface area contributed by atoms with E-state index in [-0.39, 0.29) is 0 Å². The minimum Gasteiger partial charge on any atom is -0.326 e. The molecule has 0 bridgehead atoms. The average Bonchev–Trinajstić information content (AvgIpc) is 2.59. The normalized spacial score (nSPS) is 10.9. The molecule has 2 rings (SSSR count). The average molecular weight is 176 g/mol. The van der Waals surface area contributed by atoms with Crippen LogP contribution < -0.4 is 5.73 Å². The zero-order valence-electron chi connectivity index (χ0n) is 7.57. The Morgan fingerprint density at radius 2 is 2.23 bits per heavy atom. The maximum Gasteiger partial charge on any atom is 0.160 e. The first-order valence-corrected chi connectivity index (χ1v) is 4.37. The van der Waals surface area contributed by atoms with Gasteiger partial charge in [-0.2, -0.15) is 0 Å². The number of aromatic nitrogens is 3. The lowest BCUT2D eigenvalue weighted by Gasteiger charge is -1.99. The molecule has 0 radical (unpaired) electrons. The molecule has 0 amide bonds. The molecule has 4 nitrogen and oxygen atoms in total. The third kappa shape index (κ3) is 1.29. The minimum atomic E-state index is 0.553. The van der Waals surface area contributed by atoms with Crippen molar-refractivity contribution in [1.29, 1.82) is 0 Å². The van der Waals surface area contributed by atoms with Gasteiger partial charge in [0.25, 0.3) is 0 Å². The molecule has 2 heterocycles. The smallest absolute Gasteiger partial charge is 0.160 e. The molecule has 0 aliphatic rings. The number of aryl methyl sites for hydroxylation is 1. The zero-order chi connectivity index (χ0) is 9.26. The van der Waals surface area contributed by atoms with Crippen molar-refractivity contribution in [2.45, 2.75) is 19.9 Å². The highest BCUT2D eigenvalue weighted by Gasteiger charge is 2.02. The monoisotopic (exact) mass is 176 g/mol. The van der Waals surface area contributed by atoms with E-state index in [1.54, 1.807) is 0 Å². The van der Waals surface area contributed by atoms with Gasteiger partial charge in [0.15, 0.2) is 5.65 Å². The summed E-state index contributed by atoms with van der Waals surface area (Å²) in [6, 6.07) is 3.91. The first-order valence-electron chi connectivity index (χ1n) is 4.37. The van der Waals surface area contributed by atoms with E-state index < -0.39 is 0 Å². The minimum absolute atomic E-state index is 0.553. The molecule has 0 aromatic carbocycles. The highest BCUT2D eigenvalue weighted by Crippen LogP contribution is 2.06. The van der Waals surface area contributed by atoms with Crippen LogP contribution in [0.2, 0.25) is 0 Å². The van der Waals surface area contributed by atoms with Crippen LogP contribution in [0.4, 0.5) is 0 Å². The first-order chi connectivity index (χ1) is 6.35. The first kappa shape index (κ1) is 8.19. The summed E-state index contributed by atoms with van der Waals surface area (Å²) in [5.74, 6) is 0.977. The molecular weight excluding hydrogens is 164 g/mol. The van der Waals surface area contributed by atoms with Crippen LogP contribution in [0.25, 0.3) is 5.65 Å². The molecule has 0 saturated heterocycles. The van der Waals surface area contributed by atoms with Gasteiger partial charge in [0.2, 0.25) is 0 Å². The van der Waals surface area contributed by atoms with Crippen LogP contribution in [0.5, 0.6) is 0 Å². The van der Waals surface area contributed by atoms with Crippen molar-refractivity contribution in [1.82, 2.24) is 14.6 Å². The summed E-state index contributed by atoms with van der Waals surface area (Å²) < 4.78 is 1.99. The molecular formula is C9H12N4. The predicted molar refractivity (Wildman–Crippen MR) is 50.3 cm³/mol. The van der Waals surface area contributed by atoms with E-state index >= 15 is 0 Å². The molecule has 0 saturated carbocycles. The number of fused-ring (bicyclic) bond motifs is 1. The Bertz CT molecular complexity index is 418. The van der Waals surface area contributed by atoms with Crippen LogP contribution in [0.1, 0.15) is 18.3 Å². The lowest BCUT2D eigenvalue weighted by molar-refractivity contribution is 0.900. The molecule has 2 aromatic heterocycles. The third-order valence-corrected chi connectivity index (χ3v) is 2.09. The number of rotatable bonds is 2. The van der Waals surface area contributed by atoms with Crippen LogP contribution in [-0.2, 0) is 13.0 Å². The molecule has 0 aliphatic heterocycles. The van der Waals surface area contributed by atoms with Crippen LogP contribution in [0, 0.1) is 0 Å². The summed E-state index contributed by atoms with van der Waals surface area (Å²) >= 11 is 0.